The van der Waals surface area contributed by atoms with Gasteiger partial charge < -0.3 is 28.6 Å². The molecule has 0 aliphatic carbocycles. The fourth-order valence-electron chi connectivity index (χ4n) is 11.0. The van der Waals surface area contributed by atoms with E-state index in [4.69, 9.17) is 35.3 Å². The number of fused-ring (bicyclic) bond motifs is 7. The minimum Gasteiger partial charge on any atom is -0.468 e. The maximum absolute atomic E-state index is 17.8. The highest BCUT2D eigenvalue weighted by molar-refractivity contribution is 6.03. The molecule has 12 nitrogen and oxygen atoms in total. The summed E-state index contributed by atoms with van der Waals surface area (Å²) < 4.78 is 186. The molecule has 0 N–H and O–H groups in total. The molecule has 69 heavy (non-hydrogen) atoms. The second-order valence-electron chi connectivity index (χ2n) is 19.1. The molecule has 372 valence electrons. The molecule has 0 radical (unpaired) electrons. The first-order valence-electron chi connectivity index (χ1n) is 22.1. The zero-order valence-electron chi connectivity index (χ0n) is 37.5. The number of amides is 1. The van der Waals surface area contributed by atoms with Crippen LogP contribution in [0.15, 0.2) is 24.3 Å². The van der Waals surface area contributed by atoms with E-state index in [0.29, 0.717) is 36.8 Å². The lowest BCUT2D eigenvalue weighted by Crippen LogP contribution is -2.68. The molecule has 5 atom stereocenters. The van der Waals surface area contributed by atoms with Crippen molar-refractivity contribution in [2.24, 2.45) is 0 Å². The van der Waals surface area contributed by atoms with Gasteiger partial charge in [0.2, 0.25) is 0 Å². The molecule has 2 bridgehead atoms. The third-order valence-corrected chi connectivity index (χ3v) is 13.7. The van der Waals surface area contributed by atoms with E-state index in [1.807, 2.05) is 4.90 Å². The van der Waals surface area contributed by atoms with Crippen LogP contribution in [-0.2, 0) is 20.6 Å². The maximum atomic E-state index is 17.8. The molecule has 2 aromatic heterocycles. The van der Waals surface area contributed by atoms with Gasteiger partial charge in [-0.1, -0.05) is 12.0 Å². The highest BCUT2D eigenvalue weighted by atomic mass is 19.4. The van der Waals surface area contributed by atoms with Crippen molar-refractivity contribution in [2.75, 3.05) is 45.0 Å². The van der Waals surface area contributed by atoms with E-state index in [1.165, 1.54) is 24.1 Å². The lowest BCUT2D eigenvalue weighted by Gasteiger charge is -2.47. The van der Waals surface area contributed by atoms with Crippen LogP contribution in [-0.4, -0.2) is 130 Å². The Morgan fingerprint density at radius 2 is 1.62 bits per heavy atom. The summed E-state index contributed by atoms with van der Waals surface area (Å²) in [5.41, 5.74) is -9.25. The minimum absolute atomic E-state index is 0.0200. The lowest BCUT2D eigenvalue weighted by molar-refractivity contribution is -0.463. The van der Waals surface area contributed by atoms with Crippen LogP contribution in [0.4, 0.5) is 58.9 Å². The van der Waals surface area contributed by atoms with E-state index < -0.39 is 96.8 Å². The van der Waals surface area contributed by atoms with Crippen molar-refractivity contribution in [2.45, 2.75) is 125 Å². The van der Waals surface area contributed by atoms with E-state index in [2.05, 4.69) is 15.6 Å². The van der Waals surface area contributed by atoms with Gasteiger partial charge in [-0.25, -0.2) is 18.6 Å². The molecule has 0 saturated carbocycles. The Labute approximate surface area is 387 Å². The summed E-state index contributed by atoms with van der Waals surface area (Å²) in [6.07, 6.45) is -16.3. The zero-order chi connectivity index (χ0) is 49.8. The van der Waals surface area contributed by atoms with Crippen molar-refractivity contribution in [3.8, 4) is 35.4 Å². The molecule has 0 unspecified atom stereocenters. The molecule has 4 fully saturated rings. The Morgan fingerprint density at radius 1 is 0.899 bits per heavy atom. The van der Waals surface area contributed by atoms with Crippen molar-refractivity contribution in [3.63, 3.8) is 0 Å². The van der Waals surface area contributed by atoms with Crippen LogP contribution in [0, 0.1) is 24.0 Å². The maximum Gasteiger partial charge on any atom is 0.435 e. The molecule has 4 aromatic rings. The summed E-state index contributed by atoms with van der Waals surface area (Å²) in [5, 5.41) is 0.653. The molecule has 5 aliphatic rings. The van der Waals surface area contributed by atoms with Gasteiger partial charge in [0.05, 0.1) is 46.4 Å². The van der Waals surface area contributed by atoms with Gasteiger partial charge in [0.1, 0.15) is 40.8 Å². The number of halogens is 11. The number of alkyl halides is 9. The summed E-state index contributed by atoms with van der Waals surface area (Å²) in [6, 6.07) is 3.82. The van der Waals surface area contributed by atoms with Gasteiger partial charge in [-0.05, 0) is 95.8 Å². The second kappa shape index (κ2) is 16.9. The second-order valence-corrected chi connectivity index (χ2v) is 19.1. The first kappa shape index (κ1) is 48.5. The molecule has 0 spiro atoms. The van der Waals surface area contributed by atoms with Crippen LogP contribution >= 0.6 is 0 Å². The third-order valence-electron chi connectivity index (χ3n) is 13.7. The van der Waals surface area contributed by atoms with E-state index in [-0.39, 0.29) is 83.4 Å². The first-order chi connectivity index (χ1) is 32.3. The highest BCUT2D eigenvalue weighted by Crippen LogP contribution is 2.57. The van der Waals surface area contributed by atoms with E-state index in [0.717, 1.165) is 6.07 Å². The summed E-state index contributed by atoms with van der Waals surface area (Å²) in [5.74, 6) is 0.867. The van der Waals surface area contributed by atoms with Crippen molar-refractivity contribution in [1.82, 2.24) is 24.8 Å². The fraction of sp³-hybridized carbons (Fsp3) is 0.565. The van der Waals surface area contributed by atoms with Crippen LogP contribution in [0.3, 0.4) is 0 Å². The Morgan fingerprint density at radius 3 is 2.29 bits per heavy atom. The molecule has 7 heterocycles. The molecule has 23 heteroatoms. The van der Waals surface area contributed by atoms with Gasteiger partial charge in [-0.3, -0.25) is 9.80 Å². The van der Waals surface area contributed by atoms with Crippen molar-refractivity contribution >= 4 is 33.6 Å². The van der Waals surface area contributed by atoms with Gasteiger partial charge >= 0.3 is 36.2 Å². The number of piperazine rings is 1. The minimum atomic E-state index is -6.92. The van der Waals surface area contributed by atoms with Crippen LogP contribution in [0.25, 0.3) is 32.9 Å². The average Bonchev–Trinajstić information content (AvgIpc) is 3.87. The monoisotopic (exact) mass is 986 g/mol. The van der Waals surface area contributed by atoms with Crippen molar-refractivity contribution in [3.05, 3.63) is 47.2 Å². The van der Waals surface area contributed by atoms with Gasteiger partial charge in [-0.2, -0.15) is 49.5 Å². The number of terminal acetylenes is 1. The van der Waals surface area contributed by atoms with Crippen molar-refractivity contribution < 1.29 is 76.8 Å². The average molecular weight is 987 g/mol. The van der Waals surface area contributed by atoms with Gasteiger partial charge in [0.15, 0.2) is 12.6 Å². The molecule has 4 saturated heterocycles. The van der Waals surface area contributed by atoms with E-state index in [1.54, 1.807) is 31.7 Å². The Kier molecular flexibility index (Phi) is 11.9. The number of carbonyl (C=O) groups excluding carboxylic acids is 1. The lowest BCUT2D eigenvalue weighted by atomic mass is 9.93. The number of anilines is 1. The Bertz CT molecular complexity index is 2700. The van der Waals surface area contributed by atoms with Crippen molar-refractivity contribution in [1.29, 1.82) is 0 Å². The van der Waals surface area contributed by atoms with Crippen LogP contribution in [0.5, 0.6) is 11.8 Å². The number of rotatable bonds is 9. The third kappa shape index (κ3) is 8.07. The fourth-order valence-corrected chi connectivity index (χ4v) is 11.0. The highest BCUT2D eigenvalue weighted by Gasteiger charge is 2.86. The van der Waals surface area contributed by atoms with Crippen LogP contribution in [0.2, 0.25) is 0 Å². The number of nitrogens with zero attached hydrogens (tertiary/aromatic N) is 6. The largest absolute Gasteiger partial charge is 0.468 e. The van der Waals surface area contributed by atoms with Gasteiger partial charge in [0.25, 0.3) is 0 Å². The molecule has 1 amide bonds. The van der Waals surface area contributed by atoms with Gasteiger partial charge in [-0.15, -0.1) is 6.42 Å². The standard InChI is InChI=1S/C46H45F11N6O6/c1-6-27-29(47)10-8-23-16-25(67-22-65-5)17-28(33(23)27)36-35(48)37-34-30(58-36)11-13-31-32-12-9-24(63(32)40(64)69-41(2,3)4)19-62(31)38(34)60-39(59-37)66-21-42-14-7-15-61(42)20-26(18-42)68-43(44(49,50)51,45(52,53)54)46(55,56)57/h1,8,10,16-17,24,26,31-32H,7,9,11-15,18-22H2,2-5H3/t24-,26-,31-,32+,42+/m1/s1. The summed E-state index contributed by atoms with van der Waals surface area (Å²) in [7, 11) is 1.39. The molecular weight excluding hydrogens is 942 g/mol. The predicted molar refractivity (Wildman–Crippen MR) is 224 cm³/mol. The normalized spacial score (nSPS) is 24.1. The first-order valence-corrected chi connectivity index (χ1v) is 22.1. The van der Waals surface area contributed by atoms with E-state index >= 15 is 8.78 Å². The van der Waals surface area contributed by atoms with E-state index in [9.17, 15) is 44.3 Å². The number of aryl methyl sites for hydroxylation is 1. The quantitative estimate of drug-likeness (QED) is 0.0909. The molecular formula is C46H45F11N6O6. The SMILES string of the molecule is C#Cc1c(F)ccc2cc(OCOC)cc(-c3nc4c5c(nc(OC[C@@]67CCCN6C[C@H](OC(C(F)(F)F)(C(F)(F)F)C(F)(F)F)C7)nc5c3F)N3C[C@H]5CC[C@@H]([C@H]3CC4)N5C(=O)OC(C)(C)C)c12. The smallest absolute Gasteiger partial charge is 0.435 e. The van der Waals surface area contributed by atoms with Crippen LogP contribution in [0.1, 0.15) is 70.6 Å². The topological polar surface area (TPSA) is 112 Å². The number of ether oxygens (including phenoxy) is 5. The number of pyridine rings is 1. The number of aromatic nitrogens is 3. The molecule has 9 rings (SSSR count). The van der Waals surface area contributed by atoms with Gasteiger partial charge in [0, 0.05) is 31.1 Å². The summed E-state index contributed by atoms with van der Waals surface area (Å²) in [6.45, 7) is 4.00. The number of benzene rings is 2. The number of hydrogen-bond donors (Lipinski definition) is 0. The Hall–Kier alpha value is -5.47. The zero-order valence-corrected chi connectivity index (χ0v) is 37.5. The molecule has 5 aliphatic heterocycles. The summed E-state index contributed by atoms with van der Waals surface area (Å²) >= 11 is 0. The number of carbonyl (C=O) groups is 1. The Balaban J connectivity index is 1.16. The number of methoxy groups -OCH3 is 1. The summed E-state index contributed by atoms with van der Waals surface area (Å²) in [4.78, 5) is 32.9. The van der Waals surface area contributed by atoms with Crippen LogP contribution < -0.4 is 14.4 Å². The predicted octanol–water partition coefficient (Wildman–Crippen LogP) is 9.42. The number of hydrogen-bond acceptors (Lipinski definition) is 11. The molecule has 2 aromatic carbocycles.